The second kappa shape index (κ2) is 15.7. The van der Waals surface area contributed by atoms with Crippen LogP contribution in [0.3, 0.4) is 0 Å². The maximum absolute atomic E-state index is 9.89. The molecule has 0 aliphatic heterocycles. The van der Waals surface area contributed by atoms with Crippen LogP contribution in [-0.2, 0) is 0 Å². The molecule has 0 unspecified atom stereocenters. The van der Waals surface area contributed by atoms with Crippen LogP contribution in [0.1, 0.15) is 5.56 Å². The van der Waals surface area contributed by atoms with Crippen LogP contribution in [0, 0.1) is 17.9 Å². The number of nitrogens with zero attached hydrogens (tertiary/aromatic N) is 7. The first-order valence-electron chi connectivity index (χ1n) is 21.7. The Kier molecular flexibility index (Phi) is 9.12. The van der Waals surface area contributed by atoms with Crippen molar-refractivity contribution in [3.63, 3.8) is 0 Å². The van der Waals surface area contributed by atoms with Gasteiger partial charge >= 0.3 is 0 Å². The highest BCUT2D eigenvalue weighted by Crippen LogP contribution is 2.41. The fourth-order valence-corrected chi connectivity index (χ4v) is 9.35. The van der Waals surface area contributed by atoms with Gasteiger partial charge in [-0.2, -0.15) is 15.2 Å². The lowest BCUT2D eigenvalue weighted by atomic mass is 9.99. The number of aromatic nitrogens is 5. The third-order valence-corrected chi connectivity index (χ3v) is 12.5. The topological polar surface area (TPSA) is 76.7 Å². The molecule has 12 rings (SSSR count). The molecule has 7 nitrogen and oxygen atoms in total. The molecule has 0 amide bonds. The molecule has 0 saturated heterocycles. The van der Waals surface area contributed by atoms with Crippen molar-refractivity contribution in [2.24, 2.45) is 0 Å². The van der Waals surface area contributed by atoms with Crippen LogP contribution in [0.15, 0.2) is 212 Å². The number of fused-ring (bicyclic) bond motifs is 6. The summed E-state index contributed by atoms with van der Waals surface area (Å²) in [6.45, 7) is 8.20. The molecule has 0 saturated carbocycles. The molecular weight excluding hydrogens is 807 g/mol. The fourth-order valence-electron chi connectivity index (χ4n) is 9.35. The van der Waals surface area contributed by atoms with Crippen molar-refractivity contribution in [3.8, 4) is 73.9 Å². The largest absolute Gasteiger partial charge is 0.309 e. The van der Waals surface area contributed by atoms with E-state index in [2.05, 4.69) is 141 Å². The highest BCUT2D eigenvalue weighted by atomic mass is 15.2. The van der Waals surface area contributed by atoms with Crippen LogP contribution in [0.4, 0.5) is 5.69 Å². The molecule has 0 spiro atoms. The molecule has 0 atom stereocenters. The van der Waals surface area contributed by atoms with Gasteiger partial charge in [-0.25, -0.2) is 9.83 Å². The number of hydrogen-bond donors (Lipinski definition) is 0. The van der Waals surface area contributed by atoms with E-state index in [9.17, 15) is 5.26 Å². The van der Waals surface area contributed by atoms with Gasteiger partial charge in [0.15, 0.2) is 17.3 Å². The second-order valence-corrected chi connectivity index (χ2v) is 16.2. The van der Waals surface area contributed by atoms with Gasteiger partial charge in [-0.05, 0) is 88.0 Å². The van der Waals surface area contributed by atoms with Gasteiger partial charge in [0, 0.05) is 32.7 Å². The summed E-state index contributed by atoms with van der Waals surface area (Å²) >= 11 is 0. The van der Waals surface area contributed by atoms with E-state index in [0.29, 0.717) is 34.4 Å². The summed E-state index contributed by atoms with van der Waals surface area (Å²) in [5.74, 6) is 1.35. The third-order valence-electron chi connectivity index (χ3n) is 12.5. The van der Waals surface area contributed by atoms with Crippen LogP contribution in [-0.4, -0.2) is 24.1 Å². The predicted octanol–water partition coefficient (Wildman–Crippen LogP) is 14.8. The molecule has 66 heavy (non-hydrogen) atoms. The van der Waals surface area contributed by atoms with Crippen molar-refractivity contribution in [2.45, 2.75) is 0 Å². The Labute approximate surface area is 380 Å². The summed E-state index contributed by atoms with van der Waals surface area (Å²) in [4.78, 5) is 19.8. The molecule has 306 valence electrons. The zero-order valence-electron chi connectivity index (χ0n) is 35.3. The third kappa shape index (κ3) is 6.39. The van der Waals surface area contributed by atoms with Crippen LogP contribution in [0.2, 0.25) is 0 Å². The molecule has 0 radical (unpaired) electrons. The smallest absolute Gasteiger partial charge is 0.238 e. The average molecular weight is 842 g/mol. The number of benzene rings is 9. The van der Waals surface area contributed by atoms with Gasteiger partial charge in [0.1, 0.15) is 0 Å². The quantitative estimate of drug-likeness (QED) is 0.150. The van der Waals surface area contributed by atoms with E-state index in [-0.39, 0.29) is 0 Å². The summed E-state index contributed by atoms with van der Waals surface area (Å²) in [5, 5.41) is 14.3. The SMILES string of the molecule is [C-]#[N+]c1ccc(-n2c3ccc(-c4ccccc4)cc3c3cc(-c4ccccc4)ccc32)c(-c2nc(-c3ccc(-c4ccccc4C#N)cc3)nc(-n3c4ccccc4c4ccccc43)n2)c1. The average Bonchev–Trinajstić information content (AvgIpc) is 3.91. The normalized spacial score (nSPS) is 11.3. The Hall–Kier alpha value is -9.43. The Bertz CT molecular complexity index is 3800. The zero-order valence-corrected chi connectivity index (χ0v) is 35.3. The van der Waals surface area contributed by atoms with E-state index in [1.54, 1.807) is 0 Å². The van der Waals surface area contributed by atoms with Gasteiger partial charge in [0.25, 0.3) is 0 Å². The molecule has 7 heteroatoms. The van der Waals surface area contributed by atoms with E-state index >= 15 is 0 Å². The molecule has 12 aromatic rings. The van der Waals surface area contributed by atoms with Crippen LogP contribution in [0.25, 0.3) is 116 Å². The van der Waals surface area contributed by atoms with Crippen LogP contribution in [0.5, 0.6) is 0 Å². The lowest BCUT2D eigenvalue weighted by Crippen LogP contribution is -2.08. The Balaban J connectivity index is 1.12. The molecule has 0 fully saturated rings. The van der Waals surface area contributed by atoms with Gasteiger partial charge in [-0.1, -0.05) is 158 Å². The molecule has 0 bridgehead atoms. The van der Waals surface area contributed by atoms with Gasteiger partial charge in [-0.15, -0.1) is 0 Å². The van der Waals surface area contributed by atoms with Crippen molar-refractivity contribution in [2.75, 3.05) is 0 Å². The van der Waals surface area contributed by atoms with Gasteiger partial charge in [0.05, 0.1) is 46.0 Å². The minimum Gasteiger partial charge on any atom is -0.309 e. The molecule has 0 aliphatic rings. The number of hydrogen-bond acceptors (Lipinski definition) is 4. The maximum Gasteiger partial charge on any atom is 0.238 e. The summed E-state index contributed by atoms with van der Waals surface area (Å²) < 4.78 is 4.38. The van der Waals surface area contributed by atoms with E-state index in [1.165, 1.54) is 0 Å². The molecular formula is C59H35N7. The first kappa shape index (κ1) is 38.3. The molecule has 3 aromatic heterocycles. The molecule has 0 aliphatic carbocycles. The van der Waals surface area contributed by atoms with E-state index in [1.807, 2.05) is 91.0 Å². The van der Waals surface area contributed by atoms with Crippen molar-refractivity contribution < 1.29 is 0 Å². The number of nitriles is 1. The van der Waals surface area contributed by atoms with E-state index in [4.69, 9.17) is 21.5 Å². The highest BCUT2D eigenvalue weighted by Gasteiger charge is 2.23. The lowest BCUT2D eigenvalue weighted by Gasteiger charge is -2.16. The highest BCUT2D eigenvalue weighted by molar-refractivity contribution is 6.12. The molecule has 0 N–H and O–H groups in total. The minimum absolute atomic E-state index is 0.424. The van der Waals surface area contributed by atoms with Crippen molar-refractivity contribution in [1.82, 2.24) is 24.1 Å². The fraction of sp³-hybridized carbons (Fsp3) is 0. The van der Waals surface area contributed by atoms with E-state index < -0.39 is 0 Å². The van der Waals surface area contributed by atoms with Crippen molar-refractivity contribution in [1.29, 1.82) is 5.26 Å². The van der Waals surface area contributed by atoms with Crippen molar-refractivity contribution in [3.05, 3.63) is 229 Å². The van der Waals surface area contributed by atoms with Crippen LogP contribution < -0.4 is 0 Å². The summed E-state index contributed by atoms with van der Waals surface area (Å²) in [6, 6.07) is 74.6. The van der Waals surface area contributed by atoms with Crippen molar-refractivity contribution >= 4 is 49.3 Å². The number of rotatable bonds is 7. The Morgan fingerprint density at radius 3 is 1.52 bits per heavy atom. The summed E-state index contributed by atoms with van der Waals surface area (Å²) in [7, 11) is 0. The number of para-hydroxylation sites is 2. The summed E-state index contributed by atoms with van der Waals surface area (Å²) in [5.41, 5.74) is 13.6. The van der Waals surface area contributed by atoms with E-state index in [0.717, 1.165) is 88.2 Å². The summed E-state index contributed by atoms with van der Waals surface area (Å²) in [6.07, 6.45) is 0. The molecule has 9 aromatic carbocycles. The predicted molar refractivity (Wildman–Crippen MR) is 267 cm³/mol. The first-order valence-corrected chi connectivity index (χ1v) is 21.7. The Morgan fingerprint density at radius 2 is 0.909 bits per heavy atom. The zero-order chi connectivity index (χ0) is 44.1. The monoisotopic (exact) mass is 841 g/mol. The minimum atomic E-state index is 0.424. The Morgan fingerprint density at radius 1 is 0.394 bits per heavy atom. The van der Waals surface area contributed by atoms with Crippen LogP contribution >= 0.6 is 0 Å². The van der Waals surface area contributed by atoms with Gasteiger partial charge in [0.2, 0.25) is 5.95 Å². The lowest BCUT2D eigenvalue weighted by molar-refractivity contribution is 0.952. The first-order chi connectivity index (χ1) is 32.6. The second-order valence-electron chi connectivity index (χ2n) is 16.2. The molecule has 3 heterocycles. The van der Waals surface area contributed by atoms with Gasteiger partial charge < -0.3 is 4.57 Å². The van der Waals surface area contributed by atoms with Gasteiger partial charge in [-0.3, -0.25) is 4.57 Å². The maximum atomic E-state index is 9.89. The standard InChI is InChI=1S/C59H35N7/c1-61-45-30-33-56(65-54-31-28-42(38-14-4-2-5-15-38)34-49(54)50-35-43(29-32-55(50)65)39-16-6-3-7-17-39)51(36-45)58-62-57(41-26-24-40(25-27-41)46-19-9-8-18-44(46)37-60)63-59(64-58)66-52-22-12-10-20-47(52)48-21-11-13-23-53(48)66/h2-36H.